The Bertz CT molecular complexity index is 362. The van der Waals surface area contributed by atoms with Crippen molar-refractivity contribution in [3.8, 4) is 0 Å². The second-order valence-electron chi connectivity index (χ2n) is 5.12. The van der Waals surface area contributed by atoms with Crippen LogP contribution >= 0.6 is 0 Å². The molecule has 1 aromatic carbocycles. The fourth-order valence-corrected chi connectivity index (χ4v) is 1.85. The van der Waals surface area contributed by atoms with E-state index in [9.17, 15) is 4.79 Å². The van der Waals surface area contributed by atoms with Crippen LogP contribution in [0.15, 0.2) is 30.3 Å². The van der Waals surface area contributed by atoms with Crippen molar-refractivity contribution in [1.29, 1.82) is 0 Å². The predicted octanol–water partition coefficient (Wildman–Crippen LogP) is 3.11. The molecule has 0 bridgehead atoms. The third-order valence-corrected chi connectivity index (χ3v) is 3.05. The number of hydrogen-bond donors (Lipinski definition) is 1. The molecule has 0 heterocycles. The van der Waals surface area contributed by atoms with Crippen LogP contribution in [-0.4, -0.2) is 25.2 Å². The van der Waals surface area contributed by atoms with Crippen LogP contribution in [0, 0.1) is 0 Å². The molecule has 19 heavy (non-hydrogen) atoms. The van der Waals surface area contributed by atoms with Crippen molar-refractivity contribution in [3.05, 3.63) is 35.9 Å². The lowest BCUT2D eigenvalue weighted by atomic mass is 9.98. The van der Waals surface area contributed by atoms with Gasteiger partial charge in [0.25, 0.3) is 0 Å². The standard InChI is InChI=1S/C16H25NO2/c1-13(2)19-12-10-16(18)17-11-9-14(3)15-7-5-4-6-8-15/h4-8,13-14H,9-12H2,1-3H3,(H,17,18)/t14-/m0/s1. The molecule has 0 aliphatic heterocycles. The topological polar surface area (TPSA) is 38.3 Å². The zero-order valence-electron chi connectivity index (χ0n) is 12.2. The van der Waals surface area contributed by atoms with E-state index in [1.807, 2.05) is 32.0 Å². The van der Waals surface area contributed by atoms with Crippen LogP contribution in [-0.2, 0) is 9.53 Å². The molecule has 1 N–H and O–H groups in total. The molecule has 0 fully saturated rings. The Morgan fingerprint density at radius 1 is 1.21 bits per heavy atom. The van der Waals surface area contributed by atoms with Crippen molar-refractivity contribution >= 4 is 5.91 Å². The Labute approximate surface area is 116 Å². The number of hydrogen-bond acceptors (Lipinski definition) is 2. The summed E-state index contributed by atoms with van der Waals surface area (Å²) >= 11 is 0. The summed E-state index contributed by atoms with van der Waals surface area (Å²) < 4.78 is 5.35. The second kappa shape index (κ2) is 8.70. The van der Waals surface area contributed by atoms with E-state index in [1.165, 1.54) is 5.56 Å². The number of carbonyl (C=O) groups excluding carboxylic acids is 1. The molecular weight excluding hydrogens is 238 g/mol. The van der Waals surface area contributed by atoms with Crippen molar-refractivity contribution < 1.29 is 9.53 Å². The van der Waals surface area contributed by atoms with Crippen LogP contribution in [0.3, 0.4) is 0 Å². The zero-order chi connectivity index (χ0) is 14.1. The summed E-state index contributed by atoms with van der Waals surface area (Å²) in [6.45, 7) is 7.34. The highest BCUT2D eigenvalue weighted by molar-refractivity contribution is 5.75. The minimum atomic E-state index is 0.0703. The van der Waals surface area contributed by atoms with Gasteiger partial charge in [0.1, 0.15) is 0 Å². The molecule has 3 heteroatoms. The van der Waals surface area contributed by atoms with Gasteiger partial charge in [0, 0.05) is 13.0 Å². The fourth-order valence-electron chi connectivity index (χ4n) is 1.85. The van der Waals surface area contributed by atoms with Gasteiger partial charge in [-0.2, -0.15) is 0 Å². The van der Waals surface area contributed by atoms with Crippen LogP contribution < -0.4 is 5.32 Å². The Kier molecular flexibility index (Phi) is 7.19. The van der Waals surface area contributed by atoms with Crippen molar-refractivity contribution in [2.24, 2.45) is 0 Å². The zero-order valence-corrected chi connectivity index (χ0v) is 12.2. The summed E-state index contributed by atoms with van der Waals surface area (Å²) in [7, 11) is 0. The third kappa shape index (κ3) is 6.97. The molecule has 0 spiro atoms. The monoisotopic (exact) mass is 263 g/mol. The molecule has 0 aliphatic carbocycles. The smallest absolute Gasteiger partial charge is 0.222 e. The number of ether oxygens (including phenoxy) is 1. The summed E-state index contributed by atoms with van der Waals surface area (Å²) in [6, 6.07) is 10.4. The average Bonchev–Trinajstić information content (AvgIpc) is 2.39. The highest BCUT2D eigenvalue weighted by Crippen LogP contribution is 2.17. The summed E-state index contributed by atoms with van der Waals surface area (Å²) in [4.78, 5) is 11.6. The Hall–Kier alpha value is -1.35. The van der Waals surface area contributed by atoms with Crippen LogP contribution in [0.4, 0.5) is 0 Å². The molecule has 106 valence electrons. The number of rotatable bonds is 8. The Morgan fingerprint density at radius 3 is 2.53 bits per heavy atom. The molecule has 0 unspecified atom stereocenters. The van der Waals surface area contributed by atoms with Gasteiger partial charge < -0.3 is 10.1 Å². The molecule has 0 radical (unpaired) electrons. The molecule has 1 rings (SSSR count). The minimum absolute atomic E-state index is 0.0703. The molecule has 0 aromatic heterocycles. The van der Waals surface area contributed by atoms with Crippen LogP contribution in [0.2, 0.25) is 0 Å². The van der Waals surface area contributed by atoms with Gasteiger partial charge in [-0.15, -0.1) is 0 Å². The quantitative estimate of drug-likeness (QED) is 0.782. The first-order chi connectivity index (χ1) is 9.09. The first-order valence-corrected chi connectivity index (χ1v) is 7.03. The van der Waals surface area contributed by atoms with Crippen LogP contribution in [0.5, 0.6) is 0 Å². The lowest BCUT2D eigenvalue weighted by molar-refractivity contribution is -0.122. The van der Waals surface area contributed by atoms with Crippen molar-refractivity contribution in [2.45, 2.75) is 45.6 Å². The molecule has 1 amide bonds. The van der Waals surface area contributed by atoms with E-state index in [0.29, 0.717) is 18.9 Å². The first kappa shape index (κ1) is 15.7. The van der Waals surface area contributed by atoms with E-state index in [0.717, 1.165) is 13.0 Å². The summed E-state index contributed by atoms with van der Waals surface area (Å²) in [6.07, 6.45) is 1.59. The third-order valence-electron chi connectivity index (χ3n) is 3.05. The molecular formula is C16H25NO2. The summed E-state index contributed by atoms with van der Waals surface area (Å²) in [5, 5.41) is 2.94. The lowest BCUT2D eigenvalue weighted by Crippen LogP contribution is -2.26. The predicted molar refractivity (Wildman–Crippen MR) is 78.2 cm³/mol. The van der Waals surface area contributed by atoms with Gasteiger partial charge in [0.15, 0.2) is 0 Å². The fraction of sp³-hybridized carbons (Fsp3) is 0.562. The molecule has 1 aromatic rings. The molecule has 0 aliphatic rings. The SMILES string of the molecule is CC(C)OCCC(=O)NCC[C@H](C)c1ccccc1. The van der Waals surface area contributed by atoms with E-state index in [2.05, 4.69) is 24.4 Å². The van der Waals surface area contributed by atoms with E-state index in [4.69, 9.17) is 4.74 Å². The number of carbonyl (C=O) groups is 1. The molecule has 1 atom stereocenters. The van der Waals surface area contributed by atoms with E-state index in [-0.39, 0.29) is 12.0 Å². The first-order valence-electron chi connectivity index (χ1n) is 7.03. The Balaban J connectivity index is 2.14. The number of benzene rings is 1. The maximum absolute atomic E-state index is 11.6. The van der Waals surface area contributed by atoms with E-state index < -0.39 is 0 Å². The second-order valence-corrected chi connectivity index (χ2v) is 5.12. The highest BCUT2D eigenvalue weighted by atomic mass is 16.5. The van der Waals surface area contributed by atoms with Gasteiger partial charge in [-0.3, -0.25) is 4.79 Å². The normalized spacial score (nSPS) is 12.4. The summed E-state index contributed by atoms with van der Waals surface area (Å²) in [5.41, 5.74) is 1.32. The van der Waals surface area contributed by atoms with Crippen LogP contribution in [0.25, 0.3) is 0 Å². The molecule has 0 saturated heterocycles. The van der Waals surface area contributed by atoms with Crippen molar-refractivity contribution in [2.75, 3.05) is 13.2 Å². The largest absolute Gasteiger partial charge is 0.378 e. The maximum atomic E-state index is 11.6. The summed E-state index contributed by atoms with van der Waals surface area (Å²) in [5.74, 6) is 0.536. The minimum Gasteiger partial charge on any atom is -0.378 e. The van der Waals surface area contributed by atoms with Gasteiger partial charge in [-0.25, -0.2) is 0 Å². The maximum Gasteiger partial charge on any atom is 0.222 e. The van der Waals surface area contributed by atoms with Crippen molar-refractivity contribution in [3.63, 3.8) is 0 Å². The lowest BCUT2D eigenvalue weighted by Gasteiger charge is -2.12. The van der Waals surface area contributed by atoms with Gasteiger partial charge in [-0.05, 0) is 31.7 Å². The highest BCUT2D eigenvalue weighted by Gasteiger charge is 2.06. The number of nitrogens with one attached hydrogen (secondary N) is 1. The Morgan fingerprint density at radius 2 is 1.89 bits per heavy atom. The van der Waals surface area contributed by atoms with Crippen molar-refractivity contribution in [1.82, 2.24) is 5.32 Å². The molecule has 0 saturated carbocycles. The number of amides is 1. The van der Waals surface area contributed by atoms with E-state index >= 15 is 0 Å². The van der Waals surface area contributed by atoms with Gasteiger partial charge in [0.05, 0.1) is 12.7 Å². The van der Waals surface area contributed by atoms with Gasteiger partial charge >= 0.3 is 0 Å². The van der Waals surface area contributed by atoms with Gasteiger partial charge in [0.2, 0.25) is 5.91 Å². The van der Waals surface area contributed by atoms with E-state index in [1.54, 1.807) is 0 Å². The van der Waals surface area contributed by atoms with Crippen LogP contribution in [0.1, 0.15) is 45.1 Å². The molecule has 3 nitrogen and oxygen atoms in total. The van der Waals surface area contributed by atoms with Gasteiger partial charge in [-0.1, -0.05) is 37.3 Å². The average molecular weight is 263 g/mol.